The van der Waals surface area contributed by atoms with E-state index in [9.17, 15) is 0 Å². The molecular formula is C7H12N2O4. The Bertz CT molecular complexity index is 187. The Balaban J connectivity index is 0.000000133. The van der Waals surface area contributed by atoms with Gasteiger partial charge in [-0.25, -0.2) is 9.59 Å². The van der Waals surface area contributed by atoms with Crippen molar-refractivity contribution < 1.29 is 19.8 Å². The summed E-state index contributed by atoms with van der Waals surface area (Å²) in [6.45, 7) is 2.38. The molecule has 3 aliphatic rings. The van der Waals surface area contributed by atoms with Crippen LogP contribution in [-0.4, -0.2) is 47.3 Å². The molecule has 0 radical (unpaired) electrons. The maximum atomic E-state index is 9.10. The molecule has 0 saturated carbocycles. The van der Waals surface area contributed by atoms with E-state index >= 15 is 0 Å². The number of piperazine rings is 1. The lowest BCUT2D eigenvalue weighted by Gasteiger charge is -2.42. The number of carboxylic acid groups (broad SMARTS) is 2. The van der Waals surface area contributed by atoms with E-state index in [1.54, 1.807) is 0 Å². The van der Waals surface area contributed by atoms with Crippen LogP contribution in [0.1, 0.15) is 6.42 Å². The van der Waals surface area contributed by atoms with E-state index in [1.165, 1.54) is 19.5 Å². The van der Waals surface area contributed by atoms with E-state index in [2.05, 4.69) is 10.6 Å². The zero-order valence-corrected chi connectivity index (χ0v) is 6.99. The SMILES string of the molecule is C1NCC2CC1N2.O=C(O)C(=O)O. The summed E-state index contributed by atoms with van der Waals surface area (Å²) in [5, 5.41) is 21.5. The monoisotopic (exact) mass is 188 g/mol. The predicted molar refractivity (Wildman–Crippen MR) is 43.5 cm³/mol. The van der Waals surface area contributed by atoms with E-state index in [4.69, 9.17) is 19.8 Å². The molecule has 0 aromatic heterocycles. The van der Waals surface area contributed by atoms with Crippen molar-refractivity contribution in [2.24, 2.45) is 0 Å². The molecular weight excluding hydrogens is 176 g/mol. The number of nitrogens with one attached hydrogen (secondary N) is 2. The lowest BCUT2D eigenvalue weighted by atomic mass is 9.93. The van der Waals surface area contributed by atoms with E-state index in [-0.39, 0.29) is 0 Å². The van der Waals surface area contributed by atoms with Crippen LogP contribution in [0.4, 0.5) is 0 Å². The summed E-state index contributed by atoms with van der Waals surface area (Å²) in [6, 6.07) is 1.64. The Morgan fingerprint density at radius 3 is 1.54 bits per heavy atom. The molecule has 6 heteroatoms. The fourth-order valence-corrected chi connectivity index (χ4v) is 1.37. The maximum absolute atomic E-state index is 9.10. The third kappa shape index (κ3) is 3.00. The van der Waals surface area contributed by atoms with Crippen LogP contribution >= 0.6 is 0 Å². The normalized spacial score (nSPS) is 29.2. The van der Waals surface area contributed by atoms with Gasteiger partial charge >= 0.3 is 11.9 Å². The van der Waals surface area contributed by atoms with Gasteiger partial charge in [0, 0.05) is 25.2 Å². The highest BCUT2D eigenvalue weighted by atomic mass is 16.4. The van der Waals surface area contributed by atoms with Crippen molar-refractivity contribution in [2.75, 3.05) is 13.1 Å². The van der Waals surface area contributed by atoms with Gasteiger partial charge in [-0.15, -0.1) is 0 Å². The van der Waals surface area contributed by atoms with Gasteiger partial charge in [0.2, 0.25) is 0 Å². The topological polar surface area (TPSA) is 98.7 Å². The van der Waals surface area contributed by atoms with Gasteiger partial charge in [0.05, 0.1) is 0 Å². The molecule has 0 aliphatic carbocycles. The molecule has 3 heterocycles. The molecule has 0 aromatic rings. The van der Waals surface area contributed by atoms with E-state index in [0.717, 1.165) is 12.1 Å². The van der Waals surface area contributed by atoms with E-state index < -0.39 is 11.9 Å². The second-order valence-corrected chi connectivity index (χ2v) is 3.06. The molecule has 0 amide bonds. The smallest absolute Gasteiger partial charge is 0.414 e. The number of carboxylic acids is 2. The summed E-state index contributed by atoms with van der Waals surface area (Å²) in [7, 11) is 0. The van der Waals surface area contributed by atoms with E-state index in [0.29, 0.717) is 0 Å². The lowest BCUT2D eigenvalue weighted by Crippen LogP contribution is -2.65. The van der Waals surface area contributed by atoms with Gasteiger partial charge in [0.15, 0.2) is 0 Å². The Morgan fingerprint density at radius 2 is 1.46 bits per heavy atom. The summed E-state index contributed by atoms with van der Waals surface area (Å²) in [4.78, 5) is 18.2. The van der Waals surface area contributed by atoms with Crippen LogP contribution in [0, 0.1) is 0 Å². The number of aliphatic carboxylic acids is 2. The van der Waals surface area contributed by atoms with Crippen LogP contribution in [0.5, 0.6) is 0 Å². The van der Waals surface area contributed by atoms with Gasteiger partial charge in [-0.05, 0) is 6.42 Å². The number of piperidine rings is 1. The molecule has 2 unspecified atom stereocenters. The van der Waals surface area contributed by atoms with Crippen LogP contribution in [0.2, 0.25) is 0 Å². The molecule has 3 saturated heterocycles. The first kappa shape index (κ1) is 9.94. The Kier molecular flexibility index (Phi) is 3.21. The first-order valence-corrected chi connectivity index (χ1v) is 4.02. The molecule has 0 aromatic carbocycles. The Labute approximate surface area is 74.9 Å². The van der Waals surface area contributed by atoms with Crippen molar-refractivity contribution >= 4 is 11.9 Å². The van der Waals surface area contributed by atoms with Crippen LogP contribution in [-0.2, 0) is 9.59 Å². The molecule has 13 heavy (non-hydrogen) atoms. The quantitative estimate of drug-likeness (QED) is 0.344. The highest BCUT2D eigenvalue weighted by Crippen LogP contribution is 2.13. The minimum atomic E-state index is -1.82. The number of hydrogen-bond donors (Lipinski definition) is 4. The van der Waals surface area contributed by atoms with Gasteiger partial charge in [-0.1, -0.05) is 0 Å². The average molecular weight is 188 g/mol. The van der Waals surface area contributed by atoms with Gasteiger partial charge in [0.1, 0.15) is 0 Å². The van der Waals surface area contributed by atoms with Crippen LogP contribution < -0.4 is 10.6 Å². The summed E-state index contributed by atoms with van der Waals surface area (Å²) >= 11 is 0. The molecule has 6 nitrogen and oxygen atoms in total. The first-order valence-electron chi connectivity index (χ1n) is 4.02. The standard InChI is InChI=1S/C5H10N2.C2H2O4/c1-4-2-6-3-5(1)7-4;3-1(4)2(5)6/h4-7H,1-3H2;(H,3,4)(H,5,6). The lowest BCUT2D eigenvalue weighted by molar-refractivity contribution is -0.159. The number of carbonyl (C=O) groups is 2. The van der Waals surface area contributed by atoms with Crippen molar-refractivity contribution in [1.29, 1.82) is 0 Å². The molecule has 74 valence electrons. The number of hydrogen-bond acceptors (Lipinski definition) is 4. The molecule has 2 atom stereocenters. The highest BCUT2D eigenvalue weighted by Gasteiger charge is 2.31. The molecule has 0 spiro atoms. The third-order valence-electron chi connectivity index (χ3n) is 2.00. The molecule has 4 N–H and O–H groups in total. The highest BCUT2D eigenvalue weighted by molar-refractivity contribution is 6.27. The number of fused-ring (bicyclic) bond motifs is 2. The van der Waals surface area contributed by atoms with Gasteiger partial charge in [-0.2, -0.15) is 0 Å². The summed E-state index contributed by atoms with van der Waals surface area (Å²) in [6.07, 6.45) is 1.41. The van der Waals surface area contributed by atoms with Gasteiger partial charge < -0.3 is 20.8 Å². The molecule has 3 aliphatic heterocycles. The van der Waals surface area contributed by atoms with Crippen LogP contribution in [0.3, 0.4) is 0 Å². The molecule has 2 bridgehead atoms. The maximum Gasteiger partial charge on any atom is 0.414 e. The van der Waals surface area contributed by atoms with Gasteiger partial charge in [0.25, 0.3) is 0 Å². The van der Waals surface area contributed by atoms with Crippen molar-refractivity contribution in [2.45, 2.75) is 18.5 Å². The minimum Gasteiger partial charge on any atom is -0.473 e. The second kappa shape index (κ2) is 4.20. The minimum absolute atomic E-state index is 0.818. The molecule has 3 rings (SSSR count). The van der Waals surface area contributed by atoms with Crippen molar-refractivity contribution in [3.05, 3.63) is 0 Å². The Hall–Kier alpha value is -1.14. The van der Waals surface area contributed by atoms with Crippen molar-refractivity contribution in [3.63, 3.8) is 0 Å². The summed E-state index contributed by atoms with van der Waals surface area (Å²) in [5.74, 6) is -3.65. The third-order valence-corrected chi connectivity index (χ3v) is 2.00. The average Bonchev–Trinajstić information content (AvgIpc) is 2.05. The summed E-state index contributed by atoms with van der Waals surface area (Å²) in [5.41, 5.74) is 0. The summed E-state index contributed by atoms with van der Waals surface area (Å²) < 4.78 is 0. The zero-order chi connectivity index (χ0) is 9.84. The van der Waals surface area contributed by atoms with E-state index in [1.807, 2.05) is 0 Å². The molecule has 3 fully saturated rings. The zero-order valence-electron chi connectivity index (χ0n) is 6.99. The largest absolute Gasteiger partial charge is 0.473 e. The van der Waals surface area contributed by atoms with Crippen molar-refractivity contribution in [1.82, 2.24) is 10.6 Å². The fraction of sp³-hybridized carbons (Fsp3) is 0.714. The predicted octanol–water partition coefficient (Wildman–Crippen LogP) is -1.52. The van der Waals surface area contributed by atoms with Crippen LogP contribution in [0.15, 0.2) is 0 Å². The fourth-order valence-electron chi connectivity index (χ4n) is 1.37. The Morgan fingerprint density at radius 1 is 1.08 bits per heavy atom. The van der Waals surface area contributed by atoms with Gasteiger partial charge in [-0.3, -0.25) is 0 Å². The number of rotatable bonds is 0. The van der Waals surface area contributed by atoms with Crippen LogP contribution in [0.25, 0.3) is 0 Å². The first-order chi connectivity index (χ1) is 6.09. The van der Waals surface area contributed by atoms with Crippen molar-refractivity contribution in [3.8, 4) is 0 Å². The second-order valence-electron chi connectivity index (χ2n) is 3.06.